The number of anilines is 2. The molecule has 13 heteroatoms. The van der Waals surface area contributed by atoms with E-state index in [9.17, 15) is 18.0 Å². The summed E-state index contributed by atoms with van der Waals surface area (Å²) in [6, 6.07) is 16.6. The van der Waals surface area contributed by atoms with Crippen LogP contribution in [0, 0.1) is 11.3 Å². The van der Waals surface area contributed by atoms with Crippen LogP contribution in [0.3, 0.4) is 0 Å². The van der Waals surface area contributed by atoms with Gasteiger partial charge in [-0.3, -0.25) is 4.90 Å². The van der Waals surface area contributed by atoms with Crippen molar-refractivity contribution >= 4 is 45.7 Å². The highest BCUT2D eigenvalue weighted by molar-refractivity contribution is 7.07. The fourth-order valence-corrected chi connectivity index (χ4v) is 3.38. The lowest BCUT2D eigenvalue weighted by Crippen LogP contribution is -2.35. The number of carbonyl (C=O) groups is 2. The molecule has 0 atom stereocenters. The van der Waals surface area contributed by atoms with Gasteiger partial charge in [0.2, 0.25) is 0 Å². The van der Waals surface area contributed by atoms with Gasteiger partial charge in [-0.15, -0.1) is 11.3 Å². The van der Waals surface area contributed by atoms with Gasteiger partial charge in [-0.25, -0.2) is 19.6 Å². The van der Waals surface area contributed by atoms with Gasteiger partial charge in [-0.05, 0) is 30.3 Å². The van der Waals surface area contributed by atoms with E-state index in [1.807, 2.05) is 47.8 Å². The zero-order chi connectivity index (χ0) is 25.4. The van der Waals surface area contributed by atoms with E-state index >= 15 is 0 Å². The van der Waals surface area contributed by atoms with Crippen LogP contribution in [0.1, 0.15) is 6.42 Å². The molecule has 0 fully saturated rings. The minimum absolute atomic E-state index is 0.249. The van der Waals surface area contributed by atoms with Gasteiger partial charge in [0.15, 0.2) is 5.82 Å². The Morgan fingerprint density at radius 3 is 2.51 bits per heavy atom. The summed E-state index contributed by atoms with van der Waals surface area (Å²) in [6.45, 7) is 0.312. The number of para-hydroxylation sites is 1. The molecular formula is C22H17F3N6O3S. The number of rotatable bonds is 5. The van der Waals surface area contributed by atoms with Crippen LogP contribution in [0.2, 0.25) is 0 Å². The predicted octanol–water partition coefficient (Wildman–Crippen LogP) is 5.27. The number of fused-ring (bicyclic) bond motifs is 1. The van der Waals surface area contributed by atoms with Crippen molar-refractivity contribution in [1.29, 1.82) is 5.26 Å². The summed E-state index contributed by atoms with van der Waals surface area (Å²) in [5.74, 6) is -2.06. The van der Waals surface area contributed by atoms with Crippen LogP contribution in [-0.2, 0) is 4.79 Å². The number of thiazole rings is 1. The molecule has 0 aliphatic carbocycles. The van der Waals surface area contributed by atoms with Crippen LogP contribution in [0.4, 0.5) is 29.3 Å². The van der Waals surface area contributed by atoms with Crippen molar-refractivity contribution < 1.29 is 27.9 Å². The number of hydrogen-bond acceptors (Lipinski definition) is 6. The largest absolute Gasteiger partial charge is 0.490 e. The number of carbonyl (C=O) groups excluding carboxylic acids is 1. The maximum absolute atomic E-state index is 12.8. The number of aromatic amines is 1. The number of benzene rings is 2. The van der Waals surface area contributed by atoms with Gasteiger partial charge in [0.05, 0.1) is 29.0 Å². The van der Waals surface area contributed by atoms with Crippen molar-refractivity contribution in [3.05, 3.63) is 59.4 Å². The average molecular weight is 502 g/mol. The lowest BCUT2D eigenvalue weighted by atomic mass is 10.2. The normalized spacial score (nSPS) is 10.7. The number of amides is 2. The third-order valence-corrected chi connectivity index (χ3v) is 5.00. The van der Waals surface area contributed by atoms with Crippen molar-refractivity contribution in [2.75, 3.05) is 16.8 Å². The Kier molecular flexibility index (Phi) is 8.00. The van der Waals surface area contributed by atoms with E-state index in [1.54, 1.807) is 16.5 Å². The number of nitrogens with zero attached hydrogens (tertiary/aromatic N) is 4. The smallest absolute Gasteiger partial charge is 0.475 e. The van der Waals surface area contributed by atoms with Crippen molar-refractivity contribution in [2.24, 2.45) is 0 Å². The van der Waals surface area contributed by atoms with E-state index in [-0.39, 0.29) is 12.5 Å². The molecule has 0 aliphatic rings. The summed E-state index contributed by atoms with van der Waals surface area (Å²) in [6.07, 6.45) is -4.83. The molecule has 0 unspecified atom stereocenters. The molecule has 2 amide bonds. The number of nitriles is 1. The SMILES string of the molecule is N#CCCN(C(=O)Nc1ccc2nc(-c3cscn3)[nH]c2c1)c1ccccc1.O=C(O)C(F)(F)F. The molecule has 4 aromatic rings. The summed E-state index contributed by atoms with van der Waals surface area (Å²) < 4.78 is 31.7. The van der Waals surface area contributed by atoms with E-state index in [2.05, 4.69) is 26.3 Å². The van der Waals surface area contributed by atoms with Crippen LogP contribution in [0.5, 0.6) is 0 Å². The minimum atomic E-state index is -5.08. The highest BCUT2D eigenvalue weighted by Crippen LogP contribution is 2.23. The van der Waals surface area contributed by atoms with E-state index in [0.717, 1.165) is 22.4 Å². The van der Waals surface area contributed by atoms with Gasteiger partial charge in [-0.2, -0.15) is 18.4 Å². The van der Waals surface area contributed by atoms with E-state index in [0.29, 0.717) is 18.1 Å². The number of hydrogen-bond donors (Lipinski definition) is 3. The zero-order valence-electron chi connectivity index (χ0n) is 17.8. The molecule has 0 radical (unpaired) electrons. The van der Waals surface area contributed by atoms with E-state index in [1.165, 1.54) is 11.3 Å². The van der Waals surface area contributed by atoms with Crippen LogP contribution < -0.4 is 10.2 Å². The molecule has 3 N–H and O–H groups in total. The Morgan fingerprint density at radius 1 is 1.20 bits per heavy atom. The third kappa shape index (κ3) is 6.78. The monoisotopic (exact) mass is 502 g/mol. The molecule has 0 saturated heterocycles. The predicted molar refractivity (Wildman–Crippen MR) is 124 cm³/mol. The Bertz CT molecular complexity index is 1330. The first kappa shape index (κ1) is 25.2. The average Bonchev–Trinajstić information content (AvgIpc) is 3.49. The van der Waals surface area contributed by atoms with Crippen molar-refractivity contribution in [3.63, 3.8) is 0 Å². The second kappa shape index (κ2) is 11.1. The first-order chi connectivity index (χ1) is 16.7. The standard InChI is InChI=1S/C20H16N6OS.C2HF3O2/c21-9-4-10-26(15-5-2-1-3-6-15)20(27)23-14-7-8-16-17(11-14)25-19(24-16)18-12-28-13-22-18;3-2(4,5)1(6)7/h1-3,5-8,11-13H,4,10H2,(H,23,27)(H,24,25);(H,6,7). The Morgan fingerprint density at radius 2 is 1.91 bits per heavy atom. The van der Waals surface area contributed by atoms with E-state index in [4.69, 9.17) is 15.2 Å². The summed E-state index contributed by atoms with van der Waals surface area (Å²) in [4.78, 5) is 35.3. The summed E-state index contributed by atoms with van der Waals surface area (Å²) >= 11 is 1.51. The maximum atomic E-state index is 12.8. The third-order valence-electron chi connectivity index (χ3n) is 4.41. The number of alkyl halides is 3. The fraction of sp³-hybridized carbons (Fsp3) is 0.136. The first-order valence-corrected chi connectivity index (χ1v) is 10.8. The molecule has 2 heterocycles. The van der Waals surface area contributed by atoms with Gasteiger partial charge in [-0.1, -0.05) is 18.2 Å². The van der Waals surface area contributed by atoms with Crippen LogP contribution in [-0.4, -0.2) is 44.8 Å². The molecule has 4 rings (SSSR count). The fourth-order valence-electron chi connectivity index (χ4n) is 2.85. The second-order valence-corrected chi connectivity index (χ2v) is 7.54. The van der Waals surface area contributed by atoms with Crippen LogP contribution in [0.25, 0.3) is 22.6 Å². The molecule has 35 heavy (non-hydrogen) atoms. The van der Waals surface area contributed by atoms with Crippen LogP contribution >= 0.6 is 11.3 Å². The zero-order valence-corrected chi connectivity index (χ0v) is 18.6. The molecule has 0 saturated carbocycles. The summed E-state index contributed by atoms with van der Waals surface area (Å²) in [5, 5.41) is 20.9. The maximum Gasteiger partial charge on any atom is 0.490 e. The first-order valence-electron chi connectivity index (χ1n) is 9.88. The summed E-state index contributed by atoms with van der Waals surface area (Å²) in [7, 11) is 0. The molecule has 9 nitrogen and oxygen atoms in total. The molecule has 2 aromatic heterocycles. The number of halogens is 3. The number of carboxylic acid groups (broad SMARTS) is 1. The number of H-pyrrole nitrogens is 1. The topological polar surface area (TPSA) is 135 Å². The molecule has 180 valence electrons. The second-order valence-electron chi connectivity index (χ2n) is 6.82. The highest BCUT2D eigenvalue weighted by Gasteiger charge is 2.38. The van der Waals surface area contributed by atoms with Gasteiger partial charge in [0.1, 0.15) is 5.69 Å². The lowest BCUT2D eigenvalue weighted by molar-refractivity contribution is -0.192. The Balaban J connectivity index is 0.000000429. The van der Waals surface area contributed by atoms with Gasteiger partial charge >= 0.3 is 18.2 Å². The van der Waals surface area contributed by atoms with Gasteiger partial charge < -0.3 is 15.4 Å². The van der Waals surface area contributed by atoms with E-state index < -0.39 is 12.1 Å². The van der Waals surface area contributed by atoms with Crippen molar-refractivity contribution in [3.8, 4) is 17.6 Å². The number of nitrogens with one attached hydrogen (secondary N) is 2. The van der Waals surface area contributed by atoms with Crippen molar-refractivity contribution in [1.82, 2.24) is 15.0 Å². The Labute approximate surface area is 200 Å². The molecule has 0 aliphatic heterocycles. The quantitative estimate of drug-likeness (QED) is 0.340. The number of aromatic nitrogens is 3. The molecule has 2 aromatic carbocycles. The molecule has 0 bridgehead atoms. The highest BCUT2D eigenvalue weighted by atomic mass is 32.1. The molecule has 0 spiro atoms. The number of imidazole rings is 1. The number of urea groups is 1. The number of carboxylic acids is 1. The van der Waals surface area contributed by atoms with Crippen molar-refractivity contribution in [2.45, 2.75) is 12.6 Å². The van der Waals surface area contributed by atoms with Gasteiger partial charge in [0.25, 0.3) is 0 Å². The van der Waals surface area contributed by atoms with Crippen LogP contribution in [0.15, 0.2) is 59.4 Å². The number of aliphatic carboxylic acids is 1. The Hall–Kier alpha value is -4.44. The summed E-state index contributed by atoms with van der Waals surface area (Å²) in [5.41, 5.74) is 5.54. The van der Waals surface area contributed by atoms with Gasteiger partial charge in [0, 0.05) is 23.3 Å². The minimum Gasteiger partial charge on any atom is -0.475 e. The lowest BCUT2D eigenvalue weighted by Gasteiger charge is -2.22. The molecular weight excluding hydrogens is 485 g/mol.